The second kappa shape index (κ2) is 10.6. The molecular weight excluding hydrogens is 366 g/mol. The van der Waals surface area contributed by atoms with Crippen molar-refractivity contribution in [1.82, 2.24) is 29.7 Å². The lowest BCUT2D eigenvalue weighted by Crippen LogP contribution is -2.58. The fourth-order valence-electron chi connectivity index (χ4n) is 2.51. The summed E-state index contributed by atoms with van der Waals surface area (Å²) >= 11 is 0. The first kappa shape index (κ1) is 22.5. The highest BCUT2D eigenvalue weighted by atomic mass is 16.7. The van der Waals surface area contributed by atoms with Gasteiger partial charge in [0, 0.05) is 19.6 Å². The molecule has 0 spiro atoms. The fraction of sp³-hybridized carbons (Fsp3) is 1.00. The van der Waals surface area contributed by atoms with Crippen LogP contribution in [0.1, 0.15) is 0 Å². The van der Waals surface area contributed by atoms with E-state index in [2.05, 4.69) is 0 Å². The minimum absolute atomic E-state index is 0.221. The maximum absolute atomic E-state index is 10.7. The van der Waals surface area contributed by atoms with Crippen LogP contribution in [0.2, 0.25) is 0 Å². The maximum atomic E-state index is 10.7. The van der Waals surface area contributed by atoms with Gasteiger partial charge in [-0.25, -0.2) is 30.3 Å². The van der Waals surface area contributed by atoms with Gasteiger partial charge in [0.1, 0.15) is 0 Å². The van der Waals surface area contributed by atoms with Crippen molar-refractivity contribution in [2.75, 3.05) is 80.4 Å². The Balaban J connectivity index is 2.62. The molecule has 1 aliphatic heterocycles. The minimum Gasteiger partial charge on any atom is -0.275 e. The van der Waals surface area contributed by atoms with Gasteiger partial charge < -0.3 is 0 Å². The van der Waals surface area contributed by atoms with Crippen molar-refractivity contribution in [3.63, 3.8) is 0 Å². The van der Waals surface area contributed by atoms with Crippen molar-refractivity contribution in [2.45, 2.75) is 0 Å². The van der Waals surface area contributed by atoms with Gasteiger partial charge in [0.05, 0.1) is 60.8 Å². The van der Waals surface area contributed by atoms with Gasteiger partial charge in [-0.15, -0.1) is 15.0 Å². The van der Waals surface area contributed by atoms with Gasteiger partial charge in [0.2, 0.25) is 0 Å². The van der Waals surface area contributed by atoms with Gasteiger partial charge >= 0.3 is 0 Å². The van der Waals surface area contributed by atoms with Crippen LogP contribution >= 0.6 is 0 Å². The Morgan fingerprint density at radius 3 is 1.04 bits per heavy atom. The van der Waals surface area contributed by atoms with Crippen molar-refractivity contribution in [3.05, 3.63) is 30.3 Å². The smallest absolute Gasteiger partial charge is 0.159 e. The van der Waals surface area contributed by atoms with E-state index in [9.17, 15) is 30.3 Å². The first-order chi connectivity index (χ1) is 12.6. The number of nitrogens with zero attached hydrogens (tertiary/aromatic N) is 9. The van der Waals surface area contributed by atoms with E-state index in [-0.39, 0.29) is 19.6 Å². The van der Waals surface area contributed by atoms with Crippen LogP contribution in [0.4, 0.5) is 0 Å². The Labute approximate surface area is 156 Å². The molecule has 0 saturated carbocycles. The molecule has 0 aromatic carbocycles. The molecule has 0 amide bonds. The third kappa shape index (κ3) is 8.14. The zero-order valence-electron chi connectivity index (χ0n) is 15.8. The van der Waals surface area contributed by atoms with Gasteiger partial charge in [-0.1, -0.05) is 0 Å². The van der Waals surface area contributed by atoms with Crippen LogP contribution in [-0.4, -0.2) is 125 Å². The van der Waals surface area contributed by atoms with Crippen molar-refractivity contribution in [3.8, 4) is 0 Å². The Bertz CT molecular complexity index is 446. The average molecular weight is 393 g/mol. The quantitative estimate of drug-likeness (QED) is 0.270. The van der Waals surface area contributed by atoms with E-state index in [0.29, 0.717) is 39.6 Å². The number of hydrazine groups is 3. The number of hydrogen-bond acceptors (Lipinski definition) is 9. The van der Waals surface area contributed by atoms with Crippen LogP contribution in [0.15, 0.2) is 0 Å². The SMILES string of the molecule is CN(CCN1CN(CCN(C)[N+](=O)[O-])CN(CCN(C)[N+](=O)[O-])C1)[N+](=O)[O-]. The van der Waals surface area contributed by atoms with Crippen molar-refractivity contribution < 1.29 is 15.1 Å². The molecule has 156 valence electrons. The fourth-order valence-corrected chi connectivity index (χ4v) is 2.51. The second-order valence-corrected chi connectivity index (χ2v) is 6.46. The number of hydrogen-bond donors (Lipinski definition) is 0. The molecule has 1 aliphatic rings. The zero-order valence-corrected chi connectivity index (χ0v) is 15.8. The molecule has 0 atom stereocenters. The summed E-state index contributed by atoms with van der Waals surface area (Å²) in [6, 6.07) is 0. The number of likely N-dealkylation sites (N-methyl/N-ethyl adjacent to an activating group) is 3. The largest absolute Gasteiger partial charge is 0.275 e. The first-order valence-electron chi connectivity index (χ1n) is 8.33. The highest BCUT2D eigenvalue weighted by Crippen LogP contribution is 2.08. The molecule has 27 heavy (non-hydrogen) atoms. The lowest BCUT2D eigenvalue weighted by Gasteiger charge is -2.42. The molecule has 1 fully saturated rings. The van der Waals surface area contributed by atoms with Gasteiger partial charge in [-0.05, 0) is 0 Å². The van der Waals surface area contributed by atoms with E-state index in [4.69, 9.17) is 0 Å². The summed E-state index contributed by atoms with van der Waals surface area (Å²) in [4.78, 5) is 38.1. The van der Waals surface area contributed by atoms with E-state index < -0.39 is 15.1 Å². The predicted octanol–water partition coefficient (Wildman–Crippen LogP) is -1.85. The van der Waals surface area contributed by atoms with Gasteiger partial charge in [0.25, 0.3) is 0 Å². The van der Waals surface area contributed by atoms with Crippen molar-refractivity contribution in [2.24, 2.45) is 0 Å². The van der Waals surface area contributed by atoms with E-state index in [0.717, 1.165) is 15.0 Å². The summed E-state index contributed by atoms with van der Waals surface area (Å²) in [7, 11) is 4.16. The van der Waals surface area contributed by atoms with Crippen LogP contribution in [0.5, 0.6) is 0 Å². The number of rotatable bonds is 12. The molecule has 0 aliphatic carbocycles. The predicted molar refractivity (Wildman–Crippen MR) is 93.6 cm³/mol. The van der Waals surface area contributed by atoms with Crippen LogP contribution < -0.4 is 0 Å². The van der Waals surface area contributed by atoms with Crippen LogP contribution in [0.25, 0.3) is 0 Å². The maximum Gasteiger partial charge on any atom is 0.159 e. The van der Waals surface area contributed by atoms with Gasteiger partial charge in [-0.3, -0.25) is 14.7 Å². The Kier molecular flexibility index (Phi) is 8.83. The second-order valence-electron chi connectivity index (χ2n) is 6.46. The van der Waals surface area contributed by atoms with E-state index >= 15 is 0 Å². The molecule has 0 radical (unpaired) electrons. The summed E-state index contributed by atoms with van der Waals surface area (Å²) in [5.74, 6) is 0. The lowest BCUT2D eigenvalue weighted by molar-refractivity contribution is -0.649. The molecule has 1 heterocycles. The molecule has 0 bridgehead atoms. The van der Waals surface area contributed by atoms with Crippen molar-refractivity contribution >= 4 is 0 Å². The Morgan fingerprint density at radius 1 is 0.630 bits per heavy atom. The van der Waals surface area contributed by atoms with Crippen LogP contribution in [-0.2, 0) is 0 Å². The summed E-state index contributed by atoms with van der Waals surface area (Å²) in [6.07, 6.45) is 0. The molecule has 0 unspecified atom stereocenters. The molecule has 0 aromatic rings. The summed E-state index contributed by atoms with van der Waals surface area (Å²) < 4.78 is 0. The molecular formula is C12H27N9O6. The summed E-state index contributed by atoms with van der Waals surface area (Å²) in [6.45, 7) is 3.49. The van der Waals surface area contributed by atoms with Gasteiger partial charge in [0.15, 0.2) is 15.1 Å². The van der Waals surface area contributed by atoms with E-state index in [1.165, 1.54) is 21.1 Å². The van der Waals surface area contributed by atoms with E-state index in [1.54, 1.807) is 0 Å². The topological polar surface area (TPSA) is 149 Å². The third-order valence-corrected chi connectivity index (χ3v) is 4.26. The monoisotopic (exact) mass is 393 g/mol. The lowest BCUT2D eigenvalue weighted by atomic mass is 10.4. The van der Waals surface area contributed by atoms with E-state index in [1.807, 2.05) is 14.7 Å². The Hall–Kier alpha value is -2.52. The zero-order chi connectivity index (χ0) is 20.6. The molecule has 0 aromatic heterocycles. The molecule has 15 heteroatoms. The Morgan fingerprint density at radius 2 is 0.852 bits per heavy atom. The molecule has 1 saturated heterocycles. The summed E-state index contributed by atoms with van der Waals surface area (Å²) in [5.41, 5.74) is 0. The average Bonchev–Trinajstić information content (AvgIpc) is 2.61. The first-order valence-corrected chi connectivity index (χ1v) is 8.33. The van der Waals surface area contributed by atoms with Crippen LogP contribution in [0.3, 0.4) is 0 Å². The third-order valence-electron chi connectivity index (χ3n) is 4.26. The van der Waals surface area contributed by atoms with Crippen LogP contribution in [0, 0.1) is 30.3 Å². The summed E-state index contributed by atoms with van der Waals surface area (Å²) in [5, 5.41) is 33.7. The highest BCUT2D eigenvalue weighted by Gasteiger charge is 2.25. The number of nitro groups is 3. The normalized spacial score (nSPS) is 16.1. The van der Waals surface area contributed by atoms with Crippen molar-refractivity contribution in [1.29, 1.82) is 0 Å². The molecule has 1 rings (SSSR count). The molecule has 15 nitrogen and oxygen atoms in total. The van der Waals surface area contributed by atoms with Gasteiger partial charge in [-0.2, -0.15) is 0 Å². The minimum atomic E-state index is -0.489. The standard InChI is InChI=1S/C12H27N9O6/c1-13(19(22)23)4-7-16-10-17(8-5-14(2)20(24)25)12-18(11-16)9-6-15(3)21(26)27/h4-12H2,1-3H3. The highest BCUT2D eigenvalue weighted by molar-refractivity contribution is 4.71. The molecule has 0 N–H and O–H groups in total.